The number of carbonyl (C=O) groups is 1. The molecule has 0 aromatic carbocycles. The molecule has 3 aromatic rings. The third kappa shape index (κ3) is 3.48. The predicted octanol–water partition coefficient (Wildman–Crippen LogP) is 3.18. The van der Waals surface area contributed by atoms with Crippen molar-refractivity contribution < 1.29 is 19.0 Å². The van der Waals surface area contributed by atoms with E-state index in [2.05, 4.69) is 10.1 Å². The van der Waals surface area contributed by atoms with Crippen molar-refractivity contribution in [2.75, 3.05) is 25.2 Å². The molecule has 5 heterocycles. The number of methoxy groups -OCH3 is 1. The Hall–Kier alpha value is -3.46. The van der Waals surface area contributed by atoms with Gasteiger partial charge >= 0.3 is 0 Å². The van der Waals surface area contributed by atoms with Crippen molar-refractivity contribution in [2.45, 2.75) is 39.5 Å². The van der Waals surface area contributed by atoms with Gasteiger partial charge in [-0.3, -0.25) is 19.4 Å². The van der Waals surface area contributed by atoms with Crippen LogP contribution in [0.1, 0.15) is 41.5 Å². The number of anilines is 1. The molecular weight excluding hydrogens is 410 g/mol. The van der Waals surface area contributed by atoms with Crippen molar-refractivity contribution in [1.82, 2.24) is 19.7 Å². The molecule has 9 heteroatoms. The largest absolute Gasteiger partial charge is 0.485 e. The van der Waals surface area contributed by atoms with Gasteiger partial charge < -0.3 is 14.2 Å². The van der Waals surface area contributed by atoms with Crippen LogP contribution in [0.3, 0.4) is 0 Å². The first-order valence-electron chi connectivity index (χ1n) is 10.6. The summed E-state index contributed by atoms with van der Waals surface area (Å²) < 4.78 is 18.3. The predicted molar refractivity (Wildman–Crippen MR) is 117 cm³/mol. The highest BCUT2D eigenvalue weighted by molar-refractivity contribution is 6.10. The Balaban J connectivity index is 1.46. The van der Waals surface area contributed by atoms with Crippen molar-refractivity contribution in [1.29, 1.82) is 0 Å². The maximum Gasteiger partial charge on any atom is 0.262 e. The average molecular weight is 435 g/mol. The second-order valence-corrected chi connectivity index (χ2v) is 8.28. The zero-order valence-corrected chi connectivity index (χ0v) is 18.5. The molecule has 0 N–H and O–H groups in total. The van der Waals surface area contributed by atoms with E-state index >= 15 is 0 Å². The number of hydrogen-bond acceptors (Lipinski definition) is 7. The van der Waals surface area contributed by atoms with Crippen molar-refractivity contribution >= 4 is 11.7 Å². The van der Waals surface area contributed by atoms with Crippen molar-refractivity contribution in [3.05, 3.63) is 47.4 Å². The van der Waals surface area contributed by atoms with Crippen LogP contribution < -0.4 is 14.4 Å². The number of hydrogen-bond donors (Lipinski definition) is 0. The number of rotatable bonds is 6. The van der Waals surface area contributed by atoms with E-state index in [1.807, 2.05) is 49.8 Å². The minimum atomic E-state index is -0.0802. The molecule has 166 valence electrons. The molecule has 0 spiro atoms. The summed E-state index contributed by atoms with van der Waals surface area (Å²) in [6, 6.07) is 5.88. The van der Waals surface area contributed by atoms with Gasteiger partial charge in [-0.05, 0) is 38.5 Å². The first kappa shape index (κ1) is 20.4. The molecule has 2 aliphatic rings. The Morgan fingerprint density at radius 2 is 2.06 bits per heavy atom. The lowest BCUT2D eigenvalue weighted by Gasteiger charge is -2.26. The molecule has 1 fully saturated rings. The summed E-state index contributed by atoms with van der Waals surface area (Å²) in [7, 11) is 1.56. The molecule has 0 radical (unpaired) electrons. The third-order valence-corrected chi connectivity index (χ3v) is 5.59. The molecule has 2 aliphatic heterocycles. The number of carbonyl (C=O) groups excluding carboxylic acids is 1. The zero-order chi connectivity index (χ0) is 22.4. The van der Waals surface area contributed by atoms with E-state index in [9.17, 15) is 4.79 Å². The lowest BCUT2D eigenvalue weighted by atomic mass is 10.0. The first-order valence-corrected chi connectivity index (χ1v) is 10.6. The fourth-order valence-electron chi connectivity index (χ4n) is 3.95. The molecule has 9 nitrogen and oxygen atoms in total. The van der Waals surface area contributed by atoms with E-state index in [0.29, 0.717) is 42.8 Å². The van der Waals surface area contributed by atoms with Crippen LogP contribution >= 0.6 is 0 Å². The van der Waals surface area contributed by atoms with Crippen LogP contribution in [0, 0.1) is 6.92 Å². The van der Waals surface area contributed by atoms with Crippen LogP contribution in [0.4, 0.5) is 5.82 Å². The van der Waals surface area contributed by atoms with Crippen molar-refractivity contribution in [3.8, 4) is 22.9 Å². The first-order chi connectivity index (χ1) is 15.4. The van der Waals surface area contributed by atoms with E-state index in [1.54, 1.807) is 18.2 Å². The van der Waals surface area contributed by atoms with Gasteiger partial charge in [-0.1, -0.05) is 0 Å². The smallest absolute Gasteiger partial charge is 0.262 e. The van der Waals surface area contributed by atoms with E-state index in [0.717, 1.165) is 22.5 Å². The molecular formula is C23H25N5O4. The van der Waals surface area contributed by atoms with Crippen LogP contribution in [0.5, 0.6) is 11.6 Å². The van der Waals surface area contributed by atoms with E-state index in [1.165, 1.54) is 0 Å². The number of ether oxygens (including phenoxy) is 3. The minimum Gasteiger partial charge on any atom is -0.485 e. The van der Waals surface area contributed by atoms with Crippen LogP contribution in [0.2, 0.25) is 0 Å². The molecule has 3 aromatic heterocycles. The molecule has 5 rings (SSSR count). The summed E-state index contributed by atoms with van der Waals surface area (Å²) >= 11 is 0. The summed E-state index contributed by atoms with van der Waals surface area (Å²) in [6.45, 7) is 7.50. The lowest BCUT2D eigenvalue weighted by molar-refractivity contribution is -0.0285. The van der Waals surface area contributed by atoms with Gasteiger partial charge in [-0.2, -0.15) is 5.10 Å². The Morgan fingerprint density at radius 3 is 2.75 bits per heavy atom. The van der Waals surface area contributed by atoms with Gasteiger partial charge in [-0.25, -0.2) is 4.98 Å². The minimum absolute atomic E-state index is 0.0202. The van der Waals surface area contributed by atoms with Gasteiger partial charge in [0, 0.05) is 24.0 Å². The molecule has 0 bridgehead atoms. The molecule has 1 saturated heterocycles. The standard InChI is InChI=1S/C23H25N5O4/c1-13(2)32-19-8-15(9-24-22(19)30-4)17-7-14(3)21-18(25-17)10-27(23(21)29)20-5-6-28(26-20)16-11-31-12-16/h5-9,13,16H,10-12H2,1-4H3. The molecule has 0 saturated carbocycles. The summed E-state index contributed by atoms with van der Waals surface area (Å²) in [5.74, 6) is 1.53. The van der Waals surface area contributed by atoms with Gasteiger partial charge in [0.1, 0.15) is 0 Å². The summed E-state index contributed by atoms with van der Waals surface area (Å²) in [5.41, 5.74) is 3.76. The number of nitrogens with zero attached hydrogens (tertiary/aromatic N) is 5. The molecule has 32 heavy (non-hydrogen) atoms. The molecule has 0 unspecified atom stereocenters. The Bertz CT molecular complexity index is 1190. The summed E-state index contributed by atoms with van der Waals surface area (Å²) in [4.78, 5) is 24.0. The average Bonchev–Trinajstić information content (AvgIpc) is 3.31. The molecule has 0 atom stereocenters. The second-order valence-electron chi connectivity index (χ2n) is 8.28. The van der Waals surface area contributed by atoms with Crippen LogP contribution in [0.15, 0.2) is 30.6 Å². The van der Waals surface area contributed by atoms with Crippen LogP contribution in [-0.4, -0.2) is 52.1 Å². The second kappa shape index (κ2) is 7.90. The monoisotopic (exact) mass is 435 g/mol. The number of aryl methyl sites for hydroxylation is 1. The van der Waals surface area contributed by atoms with Crippen LogP contribution in [-0.2, 0) is 11.3 Å². The number of pyridine rings is 2. The molecule has 0 aliphatic carbocycles. The topological polar surface area (TPSA) is 91.6 Å². The SMILES string of the molecule is COc1ncc(-c2cc(C)c3c(n2)CN(c2ccn(C4COC4)n2)C3=O)cc1OC(C)C. The Morgan fingerprint density at radius 1 is 1.25 bits per heavy atom. The number of amides is 1. The summed E-state index contributed by atoms with van der Waals surface area (Å²) in [5, 5.41) is 4.59. The Labute approximate surface area is 185 Å². The highest BCUT2D eigenvalue weighted by Gasteiger charge is 2.34. The van der Waals surface area contributed by atoms with E-state index < -0.39 is 0 Å². The quantitative estimate of drug-likeness (QED) is 0.587. The van der Waals surface area contributed by atoms with E-state index in [-0.39, 0.29) is 18.1 Å². The fourth-order valence-corrected chi connectivity index (χ4v) is 3.95. The number of aromatic nitrogens is 4. The van der Waals surface area contributed by atoms with Gasteiger partial charge in [0.05, 0.1) is 56.0 Å². The maximum atomic E-state index is 13.2. The van der Waals surface area contributed by atoms with E-state index in [4.69, 9.17) is 19.2 Å². The maximum absolute atomic E-state index is 13.2. The Kier molecular flexibility index (Phi) is 5.05. The molecule has 1 amide bonds. The fraction of sp³-hybridized carbons (Fsp3) is 0.391. The van der Waals surface area contributed by atoms with Crippen LogP contribution in [0.25, 0.3) is 11.3 Å². The highest BCUT2D eigenvalue weighted by Crippen LogP contribution is 2.34. The highest BCUT2D eigenvalue weighted by atomic mass is 16.5. The zero-order valence-electron chi connectivity index (χ0n) is 18.5. The van der Waals surface area contributed by atoms with Crippen molar-refractivity contribution in [2.24, 2.45) is 0 Å². The van der Waals surface area contributed by atoms with Gasteiger partial charge in [0.25, 0.3) is 11.8 Å². The summed E-state index contributed by atoms with van der Waals surface area (Å²) in [6.07, 6.45) is 3.58. The van der Waals surface area contributed by atoms with Gasteiger partial charge in [-0.15, -0.1) is 0 Å². The normalized spacial score (nSPS) is 15.8. The lowest BCUT2D eigenvalue weighted by Crippen LogP contribution is -2.31. The van der Waals surface area contributed by atoms with Crippen molar-refractivity contribution in [3.63, 3.8) is 0 Å². The number of fused-ring (bicyclic) bond motifs is 1. The third-order valence-electron chi connectivity index (χ3n) is 5.59. The van der Waals surface area contributed by atoms with Gasteiger partial charge in [0.15, 0.2) is 11.6 Å². The van der Waals surface area contributed by atoms with Gasteiger partial charge in [0.2, 0.25) is 0 Å².